The van der Waals surface area contributed by atoms with Crippen molar-refractivity contribution in [3.05, 3.63) is 34.9 Å². The summed E-state index contributed by atoms with van der Waals surface area (Å²) in [6.07, 6.45) is 4.79. The minimum atomic E-state index is -4.60. The molecule has 0 aromatic rings. The lowest BCUT2D eigenvalue weighted by Crippen LogP contribution is -2.65. The van der Waals surface area contributed by atoms with Gasteiger partial charge in [-0.05, 0) is 43.4 Å². The van der Waals surface area contributed by atoms with Gasteiger partial charge in [0, 0.05) is 25.8 Å². The average molecular weight is 541 g/mol. The molecule has 6 nitrogen and oxygen atoms in total. The molecule has 3 aliphatic rings. The fourth-order valence-electron chi connectivity index (χ4n) is 5.61. The van der Waals surface area contributed by atoms with Crippen LogP contribution in [0.5, 0.6) is 0 Å². The molecule has 1 saturated heterocycles. The van der Waals surface area contributed by atoms with Gasteiger partial charge in [-0.2, -0.15) is 13.2 Å². The molecule has 38 heavy (non-hydrogen) atoms. The Bertz CT molecular complexity index is 972. The van der Waals surface area contributed by atoms with Crippen LogP contribution in [0, 0.1) is 5.92 Å². The number of imide groups is 1. The minimum absolute atomic E-state index is 0.204. The number of amides is 3. The molecule has 1 aliphatic carbocycles. The summed E-state index contributed by atoms with van der Waals surface area (Å²) in [4.78, 5) is 37.0. The van der Waals surface area contributed by atoms with Crippen LogP contribution >= 0.6 is 0 Å². The van der Waals surface area contributed by atoms with Crippen molar-refractivity contribution in [1.29, 1.82) is 0 Å². The maximum atomic E-state index is 14.0. The maximum absolute atomic E-state index is 14.0. The van der Waals surface area contributed by atoms with E-state index in [9.17, 15) is 27.2 Å². The summed E-state index contributed by atoms with van der Waals surface area (Å²) in [5, 5.41) is 0. The van der Waals surface area contributed by atoms with Gasteiger partial charge in [-0.15, -0.1) is 0 Å². The van der Waals surface area contributed by atoms with E-state index in [0.29, 0.717) is 32.5 Å². The summed E-state index contributed by atoms with van der Waals surface area (Å²) >= 11 is 0. The maximum Gasteiger partial charge on any atom is 0.416 e. The summed E-state index contributed by atoms with van der Waals surface area (Å²) < 4.78 is 53.7. The van der Waals surface area contributed by atoms with E-state index in [0.717, 1.165) is 49.0 Å². The van der Waals surface area contributed by atoms with Crippen LogP contribution in [0.2, 0.25) is 0 Å². The van der Waals surface area contributed by atoms with E-state index in [-0.39, 0.29) is 13.1 Å². The molecule has 0 aromatic heterocycles. The highest BCUT2D eigenvalue weighted by Crippen LogP contribution is 2.38. The number of carbonyl (C=O) groups is 2. The molecular formula is C28H40F4N4O2. The standard InChI is InChI=1S/C28H40F4N4O2/c1-4-8-20-18-33-19-25(22(20)9-5-2)36-26(37)23-17-21(28(30,31)32)10-11-24(23)35(27(36)38)16-15-34(13-6-3)14-7-12-29/h10-11,17-18,23-25H,4-9,12-16,19H2,1-3H3/t23?,24-,25?/m0/s1. The van der Waals surface area contributed by atoms with Gasteiger partial charge in [0.05, 0.1) is 36.8 Å². The molecule has 3 rings (SSSR count). The van der Waals surface area contributed by atoms with E-state index in [1.807, 2.05) is 27.0 Å². The Morgan fingerprint density at radius 2 is 1.79 bits per heavy atom. The summed E-state index contributed by atoms with van der Waals surface area (Å²) in [6.45, 7) is 7.74. The first kappa shape index (κ1) is 30.1. The van der Waals surface area contributed by atoms with Crippen molar-refractivity contribution in [2.45, 2.75) is 77.6 Å². The van der Waals surface area contributed by atoms with Crippen molar-refractivity contribution >= 4 is 18.2 Å². The van der Waals surface area contributed by atoms with Crippen molar-refractivity contribution in [3.8, 4) is 0 Å². The molecule has 212 valence electrons. The number of aliphatic imine (C=N–C) groups is 1. The lowest BCUT2D eigenvalue weighted by atomic mass is 9.84. The van der Waals surface area contributed by atoms with Gasteiger partial charge in [-0.1, -0.05) is 51.8 Å². The molecule has 3 amide bonds. The molecule has 0 N–H and O–H groups in total. The second kappa shape index (κ2) is 13.5. The molecule has 2 aliphatic heterocycles. The predicted molar refractivity (Wildman–Crippen MR) is 141 cm³/mol. The van der Waals surface area contributed by atoms with Crippen LogP contribution in [-0.4, -0.2) is 90.5 Å². The Kier molecular flexibility index (Phi) is 10.7. The number of allylic oxidation sites excluding steroid dienone is 3. The normalized spacial score (nSPS) is 24.0. The van der Waals surface area contributed by atoms with Gasteiger partial charge in [0.15, 0.2) is 0 Å². The van der Waals surface area contributed by atoms with Gasteiger partial charge in [-0.3, -0.25) is 19.1 Å². The average Bonchev–Trinajstić information content (AvgIpc) is 2.88. The Hall–Kier alpha value is -2.49. The fourth-order valence-corrected chi connectivity index (χ4v) is 5.61. The Balaban J connectivity index is 1.99. The van der Waals surface area contributed by atoms with Gasteiger partial charge >= 0.3 is 12.2 Å². The first-order chi connectivity index (χ1) is 18.2. The van der Waals surface area contributed by atoms with Crippen LogP contribution in [0.1, 0.15) is 59.3 Å². The van der Waals surface area contributed by atoms with Gasteiger partial charge in [-0.25, -0.2) is 4.79 Å². The van der Waals surface area contributed by atoms with Crippen LogP contribution in [0.3, 0.4) is 0 Å². The smallest absolute Gasteiger partial charge is 0.315 e. The molecule has 2 unspecified atom stereocenters. The Morgan fingerprint density at radius 1 is 1.05 bits per heavy atom. The third-order valence-electron chi connectivity index (χ3n) is 7.36. The molecule has 0 spiro atoms. The highest BCUT2D eigenvalue weighted by atomic mass is 19.4. The second-order valence-electron chi connectivity index (χ2n) is 10.1. The van der Waals surface area contributed by atoms with Crippen LogP contribution in [0.25, 0.3) is 0 Å². The largest absolute Gasteiger partial charge is 0.416 e. The molecular weight excluding hydrogens is 500 g/mol. The number of carbonyl (C=O) groups excluding carboxylic acids is 2. The number of fused-ring (bicyclic) bond motifs is 1. The molecule has 10 heteroatoms. The van der Waals surface area contributed by atoms with Gasteiger partial charge in [0.2, 0.25) is 5.91 Å². The van der Waals surface area contributed by atoms with E-state index < -0.39 is 48.4 Å². The number of halogens is 4. The van der Waals surface area contributed by atoms with Crippen molar-refractivity contribution in [2.75, 3.05) is 39.4 Å². The zero-order chi connectivity index (χ0) is 27.9. The molecule has 3 atom stereocenters. The number of nitrogens with zero attached hydrogens (tertiary/aromatic N) is 4. The number of rotatable bonds is 13. The predicted octanol–water partition coefficient (Wildman–Crippen LogP) is 5.72. The summed E-state index contributed by atoms with van der Waals surface area (Å²) in [6, 6.07) is -1.92. The number of alkyl halides is 4. The summed E-state index contributed by atoms with van der Waals surface area (Å²) in [5.74, 6) is -1.75. The first-order valence-corrected chi connectivity index (χ1v) is 13.8. The quantitative estimate of drug-likeness (QED) is 0.281. The van der Waals surface area contributed by atoms with Crippen molar-refractivity contribution in [1.82, 2.24) is 14.7 Å². The second-order valence-corrected chi connectivity index (χ2v) is 10.1. The molecule has 0 aromatic carbocycles. The SMILES string of the molecule is CCCC1=C(CCC)C(N2C(=O)C3C=C(C(F)(F)F)C=C[C@@H]3N(CCN(CCC)CCCF)C2=O)CN=C1. The summed E-state index contributed by atoms with van der Waals surface area (Å²) in [7, 11) is 0. The first-order valence-electron chi connectivity index (χ1n) is 13.8. The Labute approximate surface area is 223 Å². The zero-order valence-electron chi connectivity index (χ0n) is 22.6. The molecule has 2 heterocycles. The van der Waals surface area contributed by atoms with E-state index in [1.54, 1.807) is 0 Å². The number of urea groups is 1. The van der Waals surface area contributed by atoms with E-state index >= 15 is 0 Å². The van der Waals surface area contributed by atoms with Crippen LogP contribution in [-0.2, 0) is 4.79 Å². The highest BCUT2D eigenvalue weighted by Gasteiger charge is 2.50. The number of dihydropyridines is 1. The topological polar surface area (TPSA) is 56.2 Å². The Morgan fingerprint density at radius 3 is 2.42 bits per heavy atom. The molecule has 0 bridgehead atoms. The third-order valence-corrected chi connectivity index (χ3v) is 7.36. The van der Waals surface area contributed by atoms with E-state index in [1.165, 1.54) is 15.9 Å². The molecule has 0 radical (unpaired) electrons. The zero-order valence-corrected chi connectivity index (χ0v) is 22.6. The van der Waals surface area contributed by atoms with E-state index in [4.69, 9.17) is 0 Å². The van der Waals surface area contributed by atoms with Gasteiger partial charge in [0.1, 0.15) is 0 Å². The lowest BCUT2D eigenvalue weighted by Gasteiger charge is -2.47. The van der Waals surface area contributed by atoms with Crippen LogP contribution in [0.4, 0.5) is 22.4 Å². The highest BCUT2D eigenvalue weighted by molar-refractivity contribution is 6.01. The van der Waals surface area contributed by atoms with Crippen molar-refractivity contribution < 1.29 is 27.2 Å². The van der Waals surface area contributed by atoms with Crippen LogP contribution < -0.4 is 0 Å². The molecule has 1 fully saturated rings. The third kappa shape index (κ3) is 6.74. The van der Waals surface area contributed by atoms with Gasteiger partial charge in [0.25, 0.3) is 0 Å². The van der Waals surface area contributed by atoms with E-state index in [2.05, 4.69) is 9.89 Å². The molecule has 0 saturated carbocycles. The summed E-state index contributed by atoms with van der Waals surface area (Å²) in [5.41, 5.74) is 1.08. The minimum Gasteiger partial charge on any atom is -0.315 e. The van der Waals surface area contributed by atoms with Crippen LogP contribution in [0.15, 0.2) is 39.9 Å². The van der Waals surface area contributed by atoms with Crippen molar-refractivity contribution in [3.63, 3.8) is 0 Å². The van der Waals surface area contributed by atoms with Crippen molar-refractivity contribution in [2.24, 2.45) is 10.9 Å². The number of hydrogen-bond acceptors (Lipinski definition) is 4. The van der Waals surface area contributed by atoms with Gasteiger partial charge < -0.3 is 9.80 Å². The fraction of sp³-hybridized carbons (Fsp3) is 0.679. The number of hydrogen-bond donors (Lipinski definition) is 0. The lowest BCUT2D eigenvalue weighted by molar-refractivity contribution is -0.137. The monoisotopic (exact) mass is 540 g/mol.